The molecule has 0 spiro atoms. The number of carbonyl (C=O) groups is 1. The summed E-state index contributed by atoms with van der Waals surface area (Å²) < 4.78 is 11.8. The number of thiophene rings is 1. The molecule has 0 bridgehead atoms. The van der Waals surface area contributed by atoms with Crippen LogP contribution in [0.25, 0.3) is 9.88 Å². The van der Waals surface area contributed by atoms with E-state index in [4.69, 9.17) is 21.1 Å². The number of aryl methyl sites for hydroxylation is 1. The highest BCUT2D eigenvalue weighted by atomic mass is 35.5. The molecule has 0 saturated carbocycles. The van der Waals surface area contributed by atoms with Gasteiger partial charge >= 0.3 is 0 Å². The topological polar surface area (TPSA) is 60.5 Å². The quantitative estimate of drug-likeness (QED) is 0.691. The molecule has 0 radical (unpaired) electrons. The second-order valence-electron chi connectivity index (χ2n) is 5.70. The number of aromatic nitrogens is 1. The number of thiazole rings is 1. The van der Waals surface area contributed by atoms with E-state index in [-0.39, 0.29) is 5.91 Å². The van der Waals surface area contributed by atoms with Gasteiger partial charge in [-0.3, -0.25) is 4.79 Å². The highest BCUT2D eigenvalue weighted by molar-refractivity contribution is 7.24. The minimum absolute atomic E-state index is 0.135. The predicted octanol–water partition coefficient (Wildman–Crippen LogP) is 4.53. The summed E-state index contributed by atoms with van der Waals surface area (Å²) in [5.41, 5.74) is 1.67. The average molecular weight is 407 g/mol. The molecule has 134 valence electrons. The first-order valence-corrected chi connectivity index (χ1v) is 10.0. The Hall–Kier alpha value is -2.09. The molecule has 0 aliphatic carbocycles. The lowest BCUT2D eigenvalue weighted by Gasteiger charge is -2.18. The Morgan fingerprint density at radius 3 is 2.77 bits per heavy atom. The van der Waals surface area contributed by atoms with E-state index in [1.54, 1.807) is 0 Å². The van der Waals surface area contributed by atoms with Crippen LogP contribution in [0.5, 0.6) is 11.5 Å². The fraction of sp³-hybridized carbons (Fsp3) is 0.222. The van der Waals surface area contributed by atoms with Crippen molar-refractivity contribution in [3.05, 3.63) is 50.8 Å². The maximum absolute atomic E-state index is 12.6. The van der Waals surface area contributed by atoms with Crippen molar-refractivity contribution < 1.29 is 14.3 Å². The Bertz CT molecular complexity index is 967. The van der Waals surface area contributed by atoms with Crippen LogP contribution in [0, 0.1) is 6.92 Å². The third-order valence-corrected chi connectivity index (χ3v) is 6.40. The van der Waals surface area contributed by atoms with E-state index in [0.717, 1.165) is 21.2 Å². The molecule has 1 N–H and O–H groups in total. The molecule has 0 atom stereocenters. The summed E-state index contributed by atoms with van der Waals surface area (Å²) >= 11 is 8.81. The fourth-order valence-electron chi connectivity index (χ4n) is 2.60. The number of carbonyl (C=O) groups excluding carboxylic acids is 1. The van der Waals surface area contributed by atoms with Crippen LogP contribution in [0.1, 0.15) is 20.9 Å². The van der Waals surface area contributed by atoms with Crippen LogP contribution >= 0.6 is 34.3 Å². The summed E-state index contributed by atoms with van der Waals surface area (Å²) in [4.78, 5) is 18.6. The zero-order valence-electron chi connectivity index (χ0n) is 13.9. The van der Waals surface area contributed by atoms with Crippen molar-refractivity contribution in [3.63, 3.8) is 0 Å². The highest BCUT2D eigenvalue weighted by Crippen LogP contribution is 2.35. The number of halogens is 1. The van der Waals surface area contributed by atoms with Gasteiger partial charge in [-0.2, -0.15) is 0 Å². The molecule has 1 aliphatic rings. The smallest absolute Gasteiger partial charge is 0.263 e. The third-order valence-electron chi connectivity index (χ3n) is 3.85. The minimum Gasteiger partial charge on any atom is -0.486 e. The van der Waals surface area contributed by atoms with Crippen LogP contribution in [-0.2, 0) is 6.54 Å². The first-order chi connectivity index (χ1) is 12.6. The molecule has 1 aliphatic heterocycles. The maximum Gasteiger partial charge on any atom is 0.263 e. The van der Waals surface area contributed by atoms with E-state index in [2.05, 4.69) is 10.3 Å². The molecule has 3 heterocycles. The van der Waals surface area contributed by atoms with Crippen molar-refractivity contribution in [3.8, 4) is 21.4 Å². The number of nitrogens with zero attached hydrogens (tertiary/aromatic N) is 1. The van der Waals surface area contributed by atoms with Crippen molar-refractivity contribution in [2.45, 2.75) is 13.5 Å². The molecule has 0 fully saturated rings. The third kappa shape index (κ3) is 3.56. The number of rotatable bonds is 4. The van der Waals surface area contributed by atoms with Crippen LogP contribution in [-0.4, -0.2) is 24.1 Å². The Balaban J connectivity index is 1.46. The summed E-state index contributed by atoms with van der Waals surface area (Å²) in [6.07, 6.45) is 0. The first kappa shape index (κ1) is 17.3. The lowest BCUT2D eigenvalue weighted by molar-refractivity contribution is 0.0954. The van der Waals surface area contributed by atoms with Crippen molar-refractivity contribution in [2.75, 3.05) is 13.2 Å². The lowest BCUT2D eigenvalue weighted by Crippen LogP contribution is -2.23. The molecule has 1 aromatic carbocycles. The summed E-state index contributed by atoms with van der Waals surface area (Å²) in [5.74, 6) is 1.32. The molecular formula is C18H15ClN2O3S2. The lowest BCUT2D eigenvalue weighted by atomic mass is 10.2. The van der Waals surface area contributed by atoms with Gasteiger partial charge in [-0.25, -0.2) is 4.98 Å². The molecule has 5 nitrogen and oxygen atoms in total. The largest absolute Gasteiger partial charge is 0.486 e. The van der Waals surface area contributed by atoms with Gasteiger partial charge in [-0.05, 0) is 36.8 Å². The molecule has 8 heteroatoms. The molecule has 26 heavy (non-hydrogen) atoms. The zero-order chi connectivity index (χ0) is 18.1. The van der Waals surface area contributed by atoms with Gasteiger partial charge in [0.1, 0.15) is 23.1 Å². The Labute approximate surface area is 163 Å². The van der Waals surface area contributed by atoms with Crippen LogP contribution < -0.4 is 14.8 Å². The van der Waals surface area contributed by atoms with Gasteiger partial charge in [-0.1, -0.05) is 17.7 Å². The van der Waals surface area contributed by atoms with Crippen molar-refractivity contribution in [1.82, 2.24) is 10.3 Å². The Kier molecular flexibility index (Phi) is 4.84. The number of nitrogens with one attached hydrogen (secondary N) is 1. The molecule has 1 amide bonds. The molecule has 0 unspecified atom stereocenters. The highest BCUT2D eigenvalue weighted by Gasteiger charge is 2.18. The molecule has 0 saturated heterocycles. The number of amides is 1. The van der Waals surface area contributed by atoms with E-state index in [0.29, 0.717) is 40.4 Å². The van der Waals surface area contributed by atoms with Gasteiger partial charge in [0.2, 0.25) is 0 Å². The number of fused-ring (bicyclic) bond motifs is 1. The number of benzene rings is 1. The average Bonchev–Trinajstić information content (AvgIpc) is 3.25. The molecule has 3 aromatic rings. The van der Waals surface area contributed by atoms with Gasteiger partial charge in [0, 0.05) is 6.54 Å². The van der Waals surface area contributed by atoms with Crippen LogP contribution in [0.2, 0.25) is 4.34 Å². The zero-order valence-corrected chi connectivity index (χ0v) is 16.3. The van der Waals surface area contributed by atoms with Crippen LogP contribution in [0.15, 0.2) is 30.3 Å². The van der Waals surface area contributed by atoms with E-state index in [9.17, 15) is 4.79 Å². The number of hydrogen-bond donors (Lipinski definition) is 1. The fourth-order valence-corrected chi connectivity index (χ4v) is 4.68. The summed E-state index contributed by atoms with van der Waals surface area (Å²) in [5, 5.41) is 3.75. The van der Waals surface area contributed by atoms with Crippen molar-refractivity contribution in [2.24, 2.45) is 0 Å². The first-order valence-electron chi connectivity index (χ1n) is 8.00. The predicted molar refractivity (Wildman–Crippen MR) is 104 cm³/mol. The van der Waals surface area contributed by atoms with Crippen molar-refractivity contribution >= 4 is 40.2 Å². The Morgan fingerprint density at radius 2 is 2.00 bits per heavy atom. The number of ether oxygens (including phenoxy) is 2. The van der Waals surface area contributed by atoms with Gasteiger partial charge in [0.05, 0.1) is 14.9 Å². The van der Waals surface area contributed by atoms with E-state index >= 15 is 0 Å². The minimum atomic E-state index is -0.135. The van der Waals surface area contributed by atoms with Gasteiger partial charge in [0.25, 0.3) is 5.91 Å². The van der Waals surface area contributed by atoms with Crippen LogP contribution in [0.3, 0.4) is 0 Å². The molecule has 2 aromatic heterocycles. The maximum atomic E-state index is 12.6. The Morgan fingerprint density at radius 1 is 1.19 bits per heavy atom. The number of hydrogen-bond acceptors (Lipinski definition) is 6. The monoisotopic (exact) mass is 406 g/mol. The van der Waals surface area contributed by atoms with Gasteiger partial charge in [-0.15, -0.1) is 22.7 Å². The van der Waals surface area contributed by atoms with E-state index < -0.39 is 0 Å². The molecule has 4 rings (SSSR count). The van der Waals surface area contributed by atoms with E-state index in [1.165, 1.54) is 22.7 Å². The normalized spacial score (nSPS) is 12.8. The summed E-state index contributed by atoms with van der Waals surface area (Å²) in [6, 6.07) is 9.44. The van der Waals surface area contributed by atoms with Crippen molar-refractivity contribution in [1.29, 1.82) is 0 Å². The molecular weight excluding hydrogens is 392 g/mol. The summed E-state index contributed by atoms with van der Waals surface area (Å²) in [7, 11) is 0. The second kappa shape index (κ2) is 7.26. The van der Waals surface area contributed by atoms with Crippen LogP contribution in [0.4, 0.5) is 0 Å². The van der Waals surface area contributed by atoms with E-state index in [1.807, 2.05) is 37.3 Å². The SMILES string of the molecule is Cc1nc(-c2ccc(Cl)s2)sc1C(=O)NCc1ccc2c(c1)OCCO2. The standard InChI is InChI=1S/C18H15ClN2O3S2/c1-10-16(26-18(21-10)14-4-5-15(19)25-14)17(22)20-9-11-2-3-12-13(8-11)24-7-6-23-12/h2-5,8H,6-7,9H2,1H3,(H,20,22). The van der Waals surface area contributed by atoms with Gasteiger partial charge in [0.15, 0.2) is 11.5 Å². The van der Waals surface area contributed by atoms with Gasteiger partial charge < -0.3 is 14.8 Å². The second-order valence-corrected chi connectivity index (χ2v) is 8.41. The summed E-state index contributed by atoms with van der Waals surface area (Å²) in [6.45, 7) is 3.35.